The molecule has 10 heteroatoms. The standard InChI is InChI=1S/C28H31FIN3O4S/c1-20(2)17-31-28(35)21(3)32(18-22-9-7-8-12-26(22)29)27(34)19-33(24-15-13-23(30)14-16-24)38(36,37)25-10-5-4-6-11-25/h4-16,20-21H,17-19H2,1-3H3,(H,31,35). The van der Waals surface area contributed by atoms with Crippen molar-refractivity contribution in [3.8, 4) is 0 Å². The van der Waals surface area contributed by atoms with Crippen LogP contribution < -0.4 is 9.62 Å². The molecule has 0 radical (unpaired) electrons. The van der Waals surface area contributed by atoms with Crippen LogP contribution in [0.15, 0.2) is 83.8 Å². The first-order valence-electron chi connectivity index (χ1n) is 12.1. The van der Waals surface area contributed by atoms with Crippen LogP contribution >= 0.6 is 22.6 Å². The van der Waals surface area contributed by atoms with Crippen molar-refractivity contribution in [2.45, 2.75) is 38.3 Å². The molecule has 0 aromatic heterocycles. The molecule has 0 fully saturated rings. The van der Waals surface area contributed by atoms with Gasteiger partial charge in [0, 0.05) is 22.2 Å². The smallest absolute Gasteiger partial charge is 0.264 e. The molecule has 0 bridgehead atoms. The van der Waals surface area contributed by atoms with E-state index in [0.29, 0.717) is 12.2 Å². The van der Waals surface area contributed by atoms with Crippen molar-refractivity contribution in [2.75, 3.05) is 17.4 Å². The van der Waals surface area contributed by atoms with Gasteiger partial charge in [-0.05, 0) is 77.9 Å². The van der Waals surface area contributed by atoms with Crippen LogP contribution in [-0.2, 0) is 26.2 Å². The molecular weight excluding hydrogens is 620 g/mol. The van der Waals surface area contributed by atoms with Gasteiger partial charge in [-0.1, -0.05) is 50.2 Å². The zero-order valence-electron chi connectivity index (χ0n) is 21.5. The van der Waals surface area contributed by atoms with E-state index in [9.17, 15) is 22.4 Å². The average molecular weight is 652 g/mol. The Kier molecular flexibility index (Phi) is 10.3. The molecule has 1 N–H and O–H groups in total. The highest BCUT2D eigenvalue weighted by atomic mass is 127. The van der Waals surface area contributed by atoms with Gasteiger partial charge in [-0.25, -0.2) is 12.8 Å². The number of rotatable bonds is 11. The van der Waals surface area contributed by atoms with Gasteiger partial charge in [-0.15, -0.1) is 0 Å². The summed E-state index contributed by atoms with van der Waals surface area (Å²) in [6, 6.07) is 19.6. The van der Waals surface area contributed by atoms with Crippen LogP contribution in [0.25, 0.3) is 0 Å². The van der Waals surface area contributed by atoms with Crippen molar-refractivity contribution >= 4 is 50.1 Å². The summed E-state index contributed by atoms with van der Waals surface area (Å²) in [6.45, 7) is 5.07. The Balaban J connectivity index is 2.00. The van der Waals surface area contributed by atoms with Crippen LogP contribution in [0.2, 0.25) is 0 Å². The second-order valence-corrected chi connectivity index (χ2v) is 12.3. The van der Waals surface area contributed by atoms with E-state index >= 15 is 0 Å². The summed E-state index contributed by atoms with van der Waals surface area (Å²) < 4.78 is 43.8. The summed E-state index contributed by atoms with van der Waals surface area (Å²) >= 11 is 2.11. The van der Waals surface area contributed by atoms with Gasteiger partial charge in [-0.3, -0.25) is 13.9 Å². The zero-order valence-corrected chi connectivity index (χ0v) is 24.4. The third kappa shape index (κ3) is 7.53. The molecule has 0 aliphatic rings. The van der Waals surface area contributed by atoms with E-state index < -0.39 is 40.2 Å². The van der Waals surface area contributed by atoms with Crippen molar-refractivity contribution in [3.05, 3.63) is 93.8 Å². The first-order chi connectivity index (χ1) is 18.0. The van der Waals surface area contributed by atoms with E-state index in [1.807, 2.05) is 13.8 Å². The Morgan fingerprint density at radius 1 is 0.921 bits per heavy atom. The number of amides is 2. The number of anilines is 1. The van der Waals surface area contributed by atoms with Crippen LogP contribution in [0.5, 0.6) is 0 Å². The maximum Gasteiger partial charge on any atom is 0.264 e. The molecule has 0 saturated heterocycles. The summed E-state index contributed by atoms with van der Waals surface area (Å²) in [5.74, 6) is -1.38. The zero-order chi connectivity index (χ0) is 27.9. The van der Waals surface area contributed by atoms with Crippen LogP contribution in [-0.4, -0.2) is 44.3 Å². The molecule has 3 aromatic carbocycles. The lowest BCUT2D eigenvalue weighted by molar-refractivity contribution is -0.139. The Morgan fingerprint density at radius 3 is 2.13 bits per heavy atom. The molecule has 0 heterocycles. The van der Waals surface area contributed by atoms with Crippen LogP contribution in [0.1, 0.15) is 26.3 Å². The van der Waals surface area contributed by atoms with E-state index in [1.165, 1.54) is 35.2 Å². The molecule has 2 amide bonds. The van der Waals surface area contributed by atoms with Crippen molar-refractivity contribution in [2.24, 2.45) is 5.92 Å². The topological polar surface area (TPSA) is 86.8 Å². The molecule has 0 spiro atoms. The fourth-order valence-corrected chi connectivity index (χ4v) is 5.50. The molecule has 3 rings (SSSR count). The van der Waals surface area contributed by atoms with Gasteiger partial charge in [0.2, 0.25) is 11.8 Å². The second-order valence-electron chi connectivity index (χ2n) is 9.23. The highest BCUT2D eigenvalue weighted by Crippen LogP contribution is 2.25. The quantitative estimate of drug-likeness (QED) is 0.302. The lowest BCUT2D eigenvalue weighted by Crippen LogP contribution is -2.51. The summed E-state index contributed by atoms with van der Waals surface area (Å²) in [4.78, 5) is 28.0. The minimum Gasteiger partial charge on any atom is -0.354 e. The van der Waals surface area contributed by atoms with Gasteiger partial charge >= 0.3 is 0 Å². The normalized spacial score (nSPS) is 12.2. The summed E-state index contributed by atoms with van der Waals surface area (Å²) in [5, 5.41) is 2.81. The average Bonchev–Trinajstić information content (AvgIpc) is 2.90. The molecule has 0 aliphatic carbocycles. The van der Waals surface area contributed by atoms with Gasteiger partial charge in [0.1, 0.15) is 18.4 Å². The van der Waals surface area contributed by atoms with E-state index in [2.05, 4.69) is 27.9 Å². The molecule has 0 aliphatic heterocycles. The highest BCUT2D eigenvalue weighted by molar-refractivity contribution is 14.1. The first kappa shape index (κ1) is 29.6. The SMILES string of the molecule is CC(C)CNC(=O)C(C)N(Cc1ccccc1F)C(=O)CN(c1ccc(I)cc1)S(=O)(=O)c1ccccc1. The lowest BCUT2D eigenvalue weighted by atomic mass is 10.1. The number of halogens is 2. The van der Waals surface area contributed by atoms with Crippen LogP contribution in [0, 0.1) is 15.3 Å². The third-order valence-electron chi connectivity index (χ3n) is 5.88. The van der Waals surface area contributed by atoms with E-state index in [0.717, 1.165) is 7.88 Å². The Morgan fingerprint density at radius 2 is 1.53 bits per heavy atom. The third-order valence-corrected chi connectivity index (χ3v) is 8.38. The minimum atomic E-state index is -4.14. The molecule has 7 nitrogen and oxygen atoms in total. The molecule has 3 aromatic rings. The number of nitrogens with zero attached hydrogens (tertiary/aromatic N) is 2. The van der Waals surface area contributed by atoms with Gasteiger partial charge in [0.25, 0.3) is 10.0 Å². The molecular formula is C28H31FIN3O4S. The number of hydrogen-bond acceptors (Lipinski definition) is 4. The fourth-order valence-electron chi connectivity index (χ4n) is 3.70. The van der Waals surface area contributed by atoms with E-state index in [-0.39, 0.29) is 22.9 Å². The van der Waals surface area contributed by atoms with E-state index in [4.69, 9.17) is 0 Å². The largest absolute Gasteiger partial charge is 0.354 e. The number of hydrogen-bond donors (Lipinski definition) is 1. The Hall–Kier alpha value is -2.99. The molecule has 1 atom stereocenters. The monoisotopic (exact) mass is 651 g/mol. The van der Waals surface area contributed by atoms with E-state index in [1.54, 1.807) is 55.5 Å². The molecule has 1 unspecified atom stereocenters. The molecule has 0 saturated carbocycles. The Bertz CT molecular complexity index is 1350. The van der Waals surface area contributed by atoms with Gasteiger partial charge in [0.15, 0.2) is 0 Å². The minimum absolute atomic E-state index is 0.0229. The number of carbonyl (C=O) groups excluding carboxylic acids is 2. The highest BCUT2D eigenvalue weighted by Gasteiger charge is 2.32. The van der Waals surface area contributed by atoms with Crippen molar-refractivity contribution < 1.29 is 22.4 Å². The van der Waals surface area contributed by atoms with Gasteiger partial charge in [0.05, 0.1) is 10.6 Å². The van der Waals surface area contributed by atoms with Crippen LogP contribution in [0.3, 0.4) is 0 Å². The van der Waals surface area contributed by atoms with Gasteiger partial charge in [-0.2, -0.15) is 0 Å². The first-order valence-corrected chi connectivity index (χ1v) is 14.7. The van der Waals surface area contributed by atoms with Gasteiger partial charge < -0.3 is 10.2 Å². The Labute approximate surface area is 237 Å². The number of nitrogens with one attached hydrogen (secondary N) is 1. The fraction of sp³-hybridized carbons (Fsp3) is 0.286. The summed E-state index contributed by atoms with van der Waals surface area (Å²) in [6.07, 6.45) is 0. The van der Waals surface area contributed by atoms with Crippen LogP contribution in [0.4, 0.5) is 10.1 Å². The summed E-state index contributed by atoms with van der Waals surface area (Å²) in [5.41, 5.74) is 0.515. The molecule has 38 heavy (non-hydrogen) atoms. The summed E-state index contributed by atoms with van der Waals surface area (Å²) in [7, 11) is -4.14. The predicted octanol–water partition coefficient (Wildman–Crippen LogP) is 4.82. The van der Waals surface area contributed by atoms with Crippen molar-refractivity contribution in [1.29, 1.82) is 0 Å². The molecule has 202 valence electrons. The number of sulfonamides is 1. The maximum atomic E-state index is 14.6. The van der Waals surface area contributed by atoms with Crippen molar-refractivity contribution in [1.82, 2.24) is 10.2 Å². The number of benzene rings is 3. The maximum absolute atomic E-state index is 14.6. The lowest BCUT2D eigenvalue weighted by Gasteiger charge is -2.32. The van der Waals surface area contributed by atoms with Crippen molar-refractivity contribution in [3.63, 3.8) is 0 Å². The predicted molar refractivity (Wildman–Crippen MR) is 154 cm³/mol. The number of carbonyl (C=O) groups is 2. The second kappa shape index (κ2) is 13.2.